The number of hydrogen-bond acceptors (Lipinski definition) is 9. The number of nitrogens with one attached hydrogen (secondary N) is 1. The number of carbonyl (C=O) groups is 2. The number of carbonyl (C=O) groups excluding carboxylic acids is 2. The fourth-order valence-corrected chi connectivity index (χ4v) is 4.32. The van der Waals surface area contributed by atoms with Gasteiger partial charge in [-0.1, -0.05) is 114 Å². The van der Waals surface area contributed by atoms with Crippen LogP contribution in [-0.2, 0) is 46.4 Å². The average molecular weight is 637 g/mol. The van der Waals surface area contributed by atoms with E-state index in [1.165, 1.54) is 7.11 Å². The molecule has 1 heterocycles. The van der Waals surface area contributed by atoms with E-state index in [1.807, 2.05) is 60.7 Å². The van der Waals surface area contributed by atoms with Crippen molar-refractivity contribution in [3.8, 4) is 0 Å². The maximum Gasteiger partial charge on any atom is 0.338 e. The Bertz CT molecular complexity index is 1320. The maximum atomic E-state index is 13.3. The van der Waals surface area contributed by atoms with Crippen molar-refractivity contribution in [1.82, 2.24) is 0 Å². The van der Waals surface area contributed by atoms with Gasteiger partial charge in [-0.25, -0.2) is 9.59 Å². The van der Waals surface area contributed by atoms with Crippen molar-refractivity contribution in [3.63, 3.8) is 0 Å². The van der Waals surface area contributed by atoms with Crippen LogP contribution in [0.5, 0.6) is 0 Å². The quantitative estimate of drug-likeness (QED) is 0.132. The Morgan fingerprint density at radius 2 is 1.26 bits per heavy atom. The maximum absolute atomic E-state index is 13.3. The zero-order valence-corrected chi connectivity index (χ0v) is 24.6. The van der Waals surface area contributed by atoms with Gasteiger partial charge in [0.25, 0.3) is 3.79 Å². The summed E-state index contributed by atoms with van der Waals surface area (Å²) in [4.78, 5) is 26.3. The van der Waals surface area contributed by atoms with Gasteiger partial charge < -0.3 is 28.4 Å². The van der Waals surface area contributed by atoms with Crippen molar-refractivity contribution in [1.29, 1.82) is 5.41 Å². The number of ether oxygens (including phenoxy) is 6. The predicted octanol–water partition coefficient (Wildman–Crippen LogP) is 5.64. The summed E-state index contributed by atoms with van der Waals surface area (Å²) in [6, 6.07) is 26.7. The average Bonchev–Trinajstić information content (AvgIpc) is 3.00. The van der Waals surface area contributed by atoms with Crippen LogP contribution in [0, 0.1) is 5.41 Å². The van der Waals surface area contributed by atoms with Gasteiger partial charge in [-0.15, -0.1) is 0 Å². The smallest absolute Gasteiger partial charge is 0.338 e. The van der Waals surface area contributed by atoms with Gasteiger partial charge in [0, 0.05) is 0 Å². The van der Waals surface area contributed by atoms with E-state index in [9.17, 15) is 9.59 Å². The van der Waals surface area contributed by atoms with E-state index in [4.69, 9.17) is 68.6 Å². The van der Waals surface area contributed by atoms with Crippen LogP contribution in [-0.4, -0.2) is 59.4 Å². The molecule has 42 heavy (non-hydrogen) atoms. The number of hydrogen-bond donors (Lipinski definition) is 1. The molecule has 9 nitrogen and oxygen atoms in total. The van der Waals surface area contributed by atoms with Crippen molar-refractivity contribution < 1.29 is 38.0 Å². The Kier molecular flexibility index (Phi) is 11.2. The summed E-state index contributed by atoms with van der Waals surface area (Å²) in [7, 11) is 1.18. The highest BCUT2D eigenvalue weighted by Gasteiger charge is 2.54. The van der Waals surface area contributed by atoms with Crippen LogP contribution in [0.15, 0.2) is 91.0 Å². The van der Waals surface area contributed by atoms with Crippen molar-refractivity contribution in [2.45, 2.75) is 47.7 Å². The van der Waals surface area contributed by atoms with E-state index in [0.29, 0.717) is 0 Å². The second kappa shape index (κ2) is 14.8. The Hall–Kier alpha value is -3.18. The monoisotopic (exact) mass is 635 g/mol. The van der Waals surface area contributed by atoms with Gasteiger partial charge in [0.2, 0.25) is 12.2 Å². The van der Waals surface area contributed by atoms with E-state index < -0.39 is 52.3 Å². The number of rotatable bonds is 10. The first-order chi connectivity index (χ1) is 20.2. The Morgan fingerprint density at radius 3 is 1.76 bits per heavy atom. The Balaban J connectivity index is 1.74. The van der Waals surface area contributed by atoms with Gasteiger partial charge in [-0.2, -0.15) is 0 Å². The highest BCUT2D eigenvalue weighted by atomic mass is 35.6. The summed E-state index contributed by atoms with van der Waals surface area (Å²) in [5, 5.41) is 8.15. The number of alkyl halides is 3. The van der Waals surface area contributed by atoms with Crippen molar-refractivity contribution in [3.05, 3.63) is 108 Å². The highest BCUT2D eigenvalue weighted by Crippen LogP contribution is 2.35. The van der Waals surface area contributed by atoms with Crippen molar-refractivity contribution >= 4 is 52.6 Å². The molecule has 4 rings (SSSR count). The van der Waals surface area contributed by atoms with E-state index in [-0.39, 0.29) is 18.8 Å². The normalized spacial score (nSPS) is 22.1. The first kappa shape index (κ1) is 31.7. The summed E-state index contributed by atoms with van der Waals surface area (Å²) < 4.78 is 32.6. The largest absolute Gasteiger partial charge is 0.467 e. The first-order valence-corrected chi connectivity index (χ1v) is 13.9. The lowest BCUT2D eigenvalue weighted by atomic mass is 9.97. The van der Waals surface area contributed by atoms with Gasteiger partial charge in [-0.3, -0.25) is 5.41 Å². The molecule has 12 heteroatoms. The minimum Gasteiger partial charge on any atom is -0.467 e. The number of halogens is 3. The Morgan fingerprint density at radius 1 is 0.762 bits per heavy atom. The molecule has 0 radical (unpaired) electrons. The van der Waals surface area contributed by atoms with Crippen LogP contribution < -0.4 is 0 Å². The zero-order valence-electron chi connectivity index (χ0n) is 22.4. The summed E-state index contributed by atoms with van der Waals surface area (Å²) in [5.41, 5.74) is 1.82. The van der Waals surface area contributed by atoms with Crippen molar-refractivity contribution in [2.75, 3.05) is 7.11 Å². The SMILES string of the molecule is COC(=O)[C@H]1O[C@H](OC(=N)C(Cl)(Cl)Cl)[C@H](OC(=O)c2ccccc2)[C@@H](OCc2ccccc2)[C@@H]1OCc1ccccc1. The third-order valence-corrected chi connectivity index (χ3v) is 6.76. The first-order valence-electron chi connectivity index (χ1n) is 12.8. The molecule has 0 unspecified atom stereocenters. The molecule has 0 amide bonds. The molecule has 3 aromatic carbocycles. The molecule has 1 fully saturated rings. The van der Waals surface area contributed by atoms with Gasteiger partial charge in [0.15, 0.2) is 12.2 Å². The predicted molar refractivity (Wildman–Crippen MR) is 155 cm³/mol. The lowest BCUT2D eigenvalue weighted by Gasteiger charge is -2.44. The minimum atomic E-state index is -2.28. The summed E-state index contributed by atoms with van der Waals surface area (Å²) >= 11 is 17.6. The van der Waals surface area contributed by atoms with E-state index in [1.54, 1.807) is 30.3 Å². The second-order valence-corrected chi connectivity index (χ2v) is 11.4. The van der Waals surface area contributed by atoms with E-state index >= 15 is 0 Å². The second-order valence-electron chi connectivity index (χ2n) is 9.15. The lowest BCUT2D eigenvalue weighted by molar-refractivity contribution is -0.293. The van der Waals surface area contributed by atoms with Gasteiger partial charge in [0.05, 0.1) is 25.9 Å². The molecule has 0 aliphatic carbocycles. The molecule has 3 aromatic rings. The van der Waals surface area contributed by atoms with Gasteiger partial charge in [-0.05, 0) is 23.3 Å². The molecule has 1 saturated heterocycles. The van der Waals surface area contributed by atoms with Gasteiger partial charge in [0.1, 0.15) is 12.2 Å². The molecular formula is C30H28Cl3NO8. The van der Waals surface area contributed by atoms with Crippen LogP contribution in [0.4, 0.5) is 0 Å². The summed E-state index contributed by atoms with van der Waals surface area (Å²) in [6.45, 7) is 0.0982. The standard InChI is InChI=1S/C30H28Cl3NO8/c1-37-27(36)24-22(38-17-19-11-5-2-6-12-19)23(39-18-20-13-7-3-8-14-20)25(28(41-24)42-29(34)30(31,32)33)40-26(35)21-15-9-4-10-16-21/h2-16,22-25,28,34H,17-18H2,1H3/t22-,23-,24-,25+,28+/m0/s1. The molecular weight excluding hydrogens is 609 g/mol. The molecule has 222 valence electrons. The molecule has 0 saturated carbocycles. The molecule has 0 bridgehead atoms. The topological polar surface area (TPSA) is 113 Å². The summed E-state index contributed by atoms with van der Waals surface area (Å²) in [5.74, 6) is -2.39. The summed E-state index contributed by atoms with van der Waals surface area (Å²) in [6.07, 6.45) is -6.78. The minimum absolute atomic E-state index is 0.0403. The number of esters is 2. The number of benzene rings is 3. The molecule has 1 aliphatic heterocycles. The fourth-order valence-electron chi connectivity index (χ4n) is 4.19. The van der Waals surface area contributed by atoms with Gasteiger partial charge >= 0.3 is 11.9 Å². The molecule has 0 spiro atoms. The van der Waals surface area contributed by atoms with E-state index in [0.717, 1.165) is 11.1 Å². The molecule has 1 aliphatic rings. The van der Waals surface area contributed by atoms with Crippen molar-refractivity contribution in [2.24, 2.45) is 0 Å². The Labute approximate surface area is 258 Å². The lowest BCUT2D eigenvalue weighted by Crippen LogP contribution is -2.63. The molecule has 0 aromatic heterocycles. The highest BCUT2D eigenvalue weighted by molar-refractivity contribution is 6.76. The van der Waals surface area contributed by atoms with Crippen LogP contribution >= 0.6 is 34.8 Å². The third-order valence-electron chi connectivity index (χ3n) is 6.24. The zero-order chi connectivity index (χ0) is 30.1. The third kappa shape index (κ3) is 8.44. The fraction of sp³-hybridized carbons (Fsp3) is 0.300. The van der Waals surface area contributed by atoms with E-state index in [2.05, 4.69) is 0 Å². The van der Waals surface area contributed by atoms with Crippen LogP contribution in [0.2, 0.25) is 0 Å². The molecule has 5 atom stereocenters. The van der Waals surface area contributed by atoms with Crippen LogP contribution in [0.1, 0.15) is 21.5 Å². The molecule has 1 N–H and O–H groups in total. The van der Waals surface area contributed by atoms with Crippen LogP contribution in [0.3, 0.4) is 0 Å². The number of methoxy groups -OCH3 is 1. The van der Waals surface area contributed by atoms with Crippen LogP contribution in [0.25, 0.3) is 0 Å².